The summed E-state index contributed by atoms with van der Waals surface area (Å²) in [6, 6.07) is 14.1. The van der Waals surface area contributed by atoms with E-state index in [1.165, 1.54) is 19.3 Å². The fraction of sp³-hybridized carbons (Fsp3) is 0.320. The molecule has 1 fully saturated rings. The minimum absolute atomic E-state index is 0.0331. The average molecular weight is 388 g/mol. The number of hydrogen-bond donors (Lipinski definition) is 2. The molecule has 0 bridgehead atoms. The lowest BCUT2D eigenvalue weighted by Gasteiger charge is -2.29. The van der Waals surface area contributed by atoms with Gasteiger partial charge in [0.1, 0.15) is 5.82 Å². The summed E-state index contributed by atoms with van der Waals surface area (Å²) in [6.45, 7) is 10.1. The molecule has 0 unspecified atom stereocenters. The Kier molecular flexibility index (Phi) is 5.43. The van der Waals surface area contributed by atoms with Crippen molar-refractivity contribution in [3.05, 3.63) is 76.0 Å². The minimum atomic E-state index is 0.0331. The Morgan fingerprint density at radius 3 is 2.66 bits per heavy atom. The van der Waals surface area contributed by atoms with Gasteiger partial charge in [-0.2, -0.15) is 0 Å². The molecule has 2 heterocycles. The molecule has 150 valence electrons. The number of pyridine rings is 1. The van der Waals surface area contributed by atoms with Gasteiger partial charge in [-0.3, -0.25) is 4.79 Å². The number of benzene rings is 2. The van der Waals surface area contributed by atoms with Gasteiger partial charge in [0.2, 0.25) is 0 Å². The largest absolute Gasteiger partial charge is 0.378 e. The highest BCUT2D eigenvalue weighted by atomic mass is 16.1. The molecule has 1 saturated heterocycles. The maximum atomic E-state index is 12.9. The van der Waals surface area contributed by atoms with Gasteiger partial charge in [0.25, 0.3) is 0 Å². The highest BCUT2D eigenvalue weighted by molar-refractivity contribution is 5.85. The van der Waals surface area contributed by atoms with E-state index in [9.17, 15) is 4.79 Å². The quantitative estimate of drug-likeness (QED) is 0.595. The summed E-state index contributed by atoms with van der Waals surface area (Å²) < 4.78 is 0. The predicted molar refractivity (Wildman–Crippen MR) is 124 cm³/mol. The third-order valence-corrected chi connectivity index (χ3v) is 5.82. The summed E-state index contributed by atoms with van der Waals surface area (Å²) in [5.74, 6) is 0.936. The molecule has 0 spiro atoms. The molecule has 29 heavy (non-hydrogen) atoms. The molecule has 0 radical (unpaired) electrons. The number of hydrogen-bond acceptors (Lipinski definition) is 3. The molecule has 4 heteroatoms. The third kappa shape index (κ3) is 3.93. The summed E-state index contributed by atoms with van der Waals surface area (Å²) in [4.78, 5) is 18.8. The number of aromatic amines is 1. The molecule has 1 aromatic heterocycles. The minimum Gasteiger partial charge on any atom is -0.378 e. The molecule has 0 aliphatic carbocycles. The van der Waals surface area contributed by atoms with Crippen LogP contribution in [-0.2, 0) is 0 Å². The van der Waals surface area contributed by atoms with Crippen LogP contribution < -0.4 is 15.6 Å². The number of nitrogens with one attached hydrogen (secondary N) is 2. The number of nitrogens with zero attached hydrogens (tertiary/aromatic N) is 1. The summed E-state index contributed by atoms with van der Waals surface area (Å²) in [5, 5.41) is 4.36. The fourth-order valence-corrected chi connectivity index (χ4v) is 4.28. The molecular weight excluding hydrogens is 358 g/mol. The van der Waals surface area contributed by atoms with Gasteiger partial charge in [0.05, 0.1) is 11.6 Å². The molecule has 0 amide bonds. The van der Waals surface area contributed by atoms with Crippen LogP contribution in [0.5, 0.6) is 0 Å². The standard InChI is InChI=1S/C25H29N3O/c1-4-19-10-6-7-11-22(19)26-18(3)20-14-17(2)15-21-23(29)16-24(27-25(20)21)28-12-8-5-9-13-28/h4,6-7,10-11,14-16,18,26H,1,5,8-9,12-13H2,2-3H3,(H,27,29)/t18-/m1/s1. The highest BCUT2D eigenvalue weighted by Gasteiger charge is 2.17. The number of aryl methyl sites for hydroxylation is 1. The SMILES string of the molecule is C=Cc1ccccc1N[C@H](C)c1cc(C)cc2c(=O)cc(N3CCCCC3)[nH]c12. The molecule has 2 N–H and O–H groups in total. The highest BCUT2D eigenvalue weighted by Crippen LogP contribution is 2.29. The van der Waals surface area contributed by atoms with Crippen molar-refractivity contribution in [3.63, 3.8) is 0 Å². The van der Waals surface area contributed by atoms with Gasteiger partial charge in [-0.05, 0) is 61.9 Å². The van der Waals surface area contributed by atoms with Crippen LogP contribution in [0.2, 0.25) is 0 Å². The summed E-state index contributed by atoms with van der Waals surface area (Å²) in [5.41, 5.74) is 5.32. The molecule has 2 aromatic carbocycles. The summed E-state index contributed by atoms with van der Waals surface area (Å²) in [7, 11) is 0. The second-order valence-corrected chi connectivity index (χ2v) is 8.00. The first-order valence-electron chi connectivity index (χ1n) is 10.5. The number of aromatic nitrogens is 1. The topological polar surface area (TPSA) is 48.1 Å². The van der Waals surface area contributed by atoms with Gasteiger partial charge < -0.3 is 15.2 Å². The number of anilines is 2. The van der Waals surface area contributed by atoms with Crippen LogP contribution >= 0.6 is 0 Å². The van der Waals surface area contributed by atoms with Gasteiger partial charge in [-0.25, -0.2) is 0 Å². The summed E-state index contributed by atoms with van der Waals surface area (Å²) in [6.07, 6.45) is 5.48. The van der Waals surface area contributed by atoms with Crippen LogP contribution in [-0.4, -0.2) is 18.1 Å². The lowest BCUT2D eigenvalue weighted by molar-refractivity contribution is 0.574. The molecule has 4 nitrogen and oxygen atoms in total. The van der Waals surface area contributed by atoms with E-state index in [4.69, 9.17) is 0 Å². The number of fused-ring (bicyclic) bond motifs is 1. The molecule has 0 saturated carbocycles. The van der Waals surface area contributed by atoms with E-state index in [0.29, 0.717) is 0 Å². The lowest BCUT2D eigenvalue weighted by Crippen LogP contribution is -2.31. The van der Waals surface area contributed by atoms with Crippen molar-refractivity contribution >= 4 is 28.5 Å². The van der Waals surface area contributed by atoms with Gasteiger partial charge in [-0.1, -0.05) is 36.9 Å². The van der Waals surface area contributed by atoms with Crippen LogP contribution in [0.25, 0.3) is 17.0 Å². The van der Waals surface area contributed by atoms with Crippen molar-refractivity contribution in [1.29, 1.82) is 0 Å². The Bertz CT molecular complexity index is 1090. The van der Waals surface area contributed by atoms with Crippen molar-refractivity contribution in [1.82, 2.24) is 4.98 Å². The maximum absolute atomic E-state index is 12.9. The molecule has 1 aliphatic heterocycles. The van der Waals surface area contributed by atoms with Crippen LogP contribution in [0, 0.1) is 6.92 Å². The van der Waals surface area contributed by atoms with Gasteiger partial charge >= 0.3 is 0 Å². The Balaban J connectivity index is 1.79. The molecule has 4 rings (SSSR count). The van der Waals surface area contributed by atoms with Crippen molar-refractivity contribution in [2.45, 2.75) is 39.2 Å². The van der Waals surface area contributed by atoms with Gasteiger partial charge in [-0.15, -0.1) is 0 Å². The van der Waals surface area contributed by atoms with E-state index in [1.54, 1.807) is 6.07 Å². The Hall–Kier alpha value is -3.01. The van der Waals surface area contributed by atoms with Crippen LogP contribution in [0.4, 0.5) is 11.5 Å². The van der Waals surface area contributed by atoms with Crippen molar-refractivity contribution in [2.75, 3.05) is 23.3 Å². The monoisotopic (exact) mass is 387 g/mol. The first-order chi connectivity index (χ1) is 14.1. The van der Waals surface area contributed by atoms with Crippen molar-refractivity contribution in [3.8, 4) is 0 Å². The molecule has 3 aromatic rings. The van der Waals surface area contributed by atoms with Crippen LogP contribution in [0.1, 0.15) is 48.9 Å². The maximum Gasteiger partial charge on any atom is 0.191 e. The zero-order valence-corrected chi connectivity index (χ0v) is 17.3. The van der Waals surface area contributed by atoms with E-state index in [0.717, 1.165) is 52.2 Å². The smallest absolute Gasteiger partial charge is 0.191 e. The Labute approximate surface area is 172 Å². The molecule has 1 aliphatic rings. The normalized spacial score (nSPS) is 15.3. The van der Waals surface area contributed by atoms with Crippen LogP contribution in [0.15, 0.2) is 53.8 Å². The summed E-state index contributed by atoms with van der Waals surface area (Å²) >= 11 is 0. The van der Waals surface area contributed by atoms with E-state index >= 15 is 0 Å². The van der Waals surface area contributed by atoms with Gasteiger partial charge in [0, 0.05) is 30.2 Å². The zero-order valence-electron chi connectivity index (χ0n) is 17.3. The lowest BCUT2D eigenvalue weighted by atomic mass is 9.99. The molecular formula is C25H29N3O. The number of para-hydroxylation sites is 1. The van der Waals surface area contributed by atoms with Gasteiger partial charge in [0.15, 0.2) is 5.43 Å². The Morgan fingerprint density at radius 2 is 1.90 bits per heavy atom. The number of piperidine rings is 1. The van der Waals surface area contributed by atoms with E-state index < -0.39 is 0 Å². The Morgan fingerprint density at radius 1 is 1.14 bits per heavy atom. The average Bonchev–Trinajstić information content (AvgIpc) is 2.74. The predicted octanol–water partition coefficient (Wildman–Crippen LogP) is 5.64. The second kappa shape index (κ2) is 8.16. The molecule has 1 atom stereocenters. The second-order valence-electron chi connectivity index (χ2n) is 8.00. The zero-order chi connectivity index (χ0) is 20.4. The van der Waals surface area contributed by atoms with E-state index in [1.807, 2.05) is 37.3 Å². The van der Waals surface area contributed by atoms with Crippen molar-refractivity contribution in [2.24, 2.45) is 0 Å². The van der Waals surface area contributed by atoms with Crippen molar-refractivity contribution < 1.29 is 0 Å². The third-order valence-electron chi connectivity index (χ3n) is 5.82. The van der Waals surface area contributed by atoms with E-state index in [2.05, 4.69) is 40.8 Å². The fourth-order valence-electron chi connectivity index (χ4n) is 4.28. The first kappa shape index (κ1) is 19.3. The first-order valence-corrected chi connectivity index (χ1v) is 10.5. The van der Waals surface area contributed by atoms with Crippen LogP contribution in [0.3, 0.4) is 0 Å². The number of rotatable bonds is 5. The number of H-pyrrole nitrogens is 1. The van der Waals surface area contributed by atoms with E-state index in [-0.39, 0.29) is 11.5 Å².